The zero-order valence-electron chi connectivity index (χ0n) is 28.5. The van der Waals surface area contributed by atoms with Crippen LogP contribution in [0.15, 0.2) is 179 Å². The molecule has 0 saturated heterocycles. The summed E-state index contributed by atoms with van der Waals surface area (Å²) in [5.74, 6) is 3.74. The van der Waals surface area contributed by atoms with Crippen LogP contribution in [0.2, 0.25) is 0 Å². The number of fused-ring (bicyclic) bond motifs is 4. The molecule has 0 fully saturated rings. The molecule has 0 radical (unpaired) electrons. The van der Waals surface area contributed by atoms with Crippen molar-refractivity contribution in [2.45, 2.75) is 13.8 Å². The average molecular weight is 734 g/mol. The Balaban J connectivity index is 0.000000144. The fourth-order valence-electron chi connectivity index (χ4n) is 7.32. The fourth-order valence-corrected chi connectivity index (χ4v) is 7.32. The van der Waals surface area contributed by atoms with Gasteiger partial charge < -0.3 is 8.83 Å². The normalized spacial score (nSPS) is 11.2. The summed E-state index contributed by atoms with van der Waals surface area (Å²) in [7, 11) is 0. The quantitative estimate of drug-likeness (QED) is 0.168. The molecule has 0 saturated carbocycles. The maximum atomic E-state index is 5.81. The van der Waals surface area contributed by atoms with Crippen LogP contribution in [0.5, 0.6) is 0 Å². The second kappa shape index (κ2) is 13.7. The molecular formula is C48H34O2Zr. The third-order valence-corrected chi connectivity index (χ3v) is 9.71. The van der Waals surface area contributed by atoms with E-state index in [1.807, 2.05) is 38.1 Å². The largest absolute Gasteiger partial charge is 2.00 e. The van der Waals surface area contributed by atoms with Gasteiger partial charge in [0.2, 0.25) is 0 Å². The summed E-state index contributed by atoms with van der Waals surface area (Å²) in [4.78, 5) is 0. The molecule has 242 valence electrons. The summed E-state index contributed by atoms with van der Waals surface area (Å²) in [5.41, 5.74) is 7.35. The smallest absolute Gasteiger partial charge is 0.496 e. The van der Waals surface area contributed by atoms with E-state index >= 15 is 0 Å². The van der Waals surface area contributed by atoms with Gasteiger partial charge in [-0.3, -0.25) is 0 Å². The van der Waals surface area contributed by atoms with Gasteiger partial charge in [-0.05, 0) is 70.8 Å². The predicted octanol–water partition coefficient (Wildman–Crippen LogP) is 13.9. The van der Waals surface area contributed by atoms with Gasteiger partial charge in [-0.1, -0.05) is 131 Å². The number of aryl methyl sites for hydroxylation is 2. The summed E-state index contributed by atoms with van der Waals surface area (Å²) >= 11 is 0. The monoisotopic (exact) mass is 732 g/mol. The molecule has 0 atom stereocenters. The molecule has 0 bridgehead atoms. The summed E-state index contributed by atoms with van der Waals surface area (Å²) in [6, 6.07) is 60.2. The van der Waals surface area contributed by atoms with Crippen LogP contribution in [0.25, 0.3) is 88.0 Å². The van der Waals surface area contributed by atoms with Gasteiger partial charge in [0.05, 0.1) is 23.0 Å². The van der Waals surface area contributed by atoms with Crippen LogP contribution >= 0.6 is 0 Å². The van der Waals surface area contributed by atoms with E-state index < -0.39 is 0 Å². The van der Waals surface area contributed by atoms with E-state index in [0.717, 1.165) is 34.2 Å². The van der Waals surface area contributed by atoms with E-state index in [1.165, 1.54) is 65.3 Å². The summed E-state index contributed by atoms with van der Waals surface area (Å²) in [6.45, 7) is 3.96. The zero-order valence-corrected chi connectivity index (χ0v) is 30.9. The van der Waals surface area contributed by atoms with Gasteiger partial charge in [0, 0.05) is 0 Å². The number of furan rings is 2. The molecule has 0 aliphatic carbocycles. The molecule has 10 aromatic rings. The van der Waals surface area contributed by atoms with Crippen LogP contribution in [0.1, 0.15) is 11.5 Å². The molecule has 2 nitrogen and oxygen atoms in total. The van der Waals surface area contributed by atoms with Crippen molar-refractivity contribution in [1.82, 2.24) is 0 Å². The van der Waals surface area contributed by atoms with Gasteiger partial charge in [-0.15, -0.1) is 57.9 Å². The van der Waals surface area contributed by atoms with Crippen molar-refractivity contribution in [2.24, 2.45) is 0 Å². The molecule has 10 rings (SSSR count). The molecule has 0 aliphatic rings. The molecule has 0 N–H and O–H groups in total. The van der Waals surface area contributed by atoms with Crippen molar-refractivity contribution >= 4 is 43.1 Å². The summed E-state index contributed by atoms with van der Waals surface area (Å²) in [6.07, 6.45) is 0. The van der Waals surface area contributed by atoms with Crippen LogP contribution < -0.4 is 0 Å². The average Bonchev–Trinajstić information content (AvgIpc) is 3.97. The first-order valence-electron chi connectivity index (χ1n) is 17.1. The first kappa shape index (κ1) is 32.7. The van der Waals surface area contributed by atoms with E-state index in [1.54, 1.807) is 0 Å². The molecule has 0 spiro atoms. The summed E-state index contributed by atoms with van der Waals surface area (Å²) in [5, 5.41) is 10.1. The van der Waals surface area contributed by atoms with Crippen molar-refractivity contribution in [2.75, 3.05) is 0 Å². The predicted molar refractivity (Wildman–Crippen MR) is 210 cm³/mol. The Hall–Kier alpha value is -5.50. The van der Waals surface area contributed by atoms with Crippen LogP contribution in [-0.4, -0.2) is 0 Å². The number of rotatable bonds is 4. The Morgan fingerprint density at radius 2 is 0.745 bits per heavy atom. The Kier molecular flexibility index (Phi) is 8.76. The minimum absolute atomic E-state index is 0. The Bertz CT molecular complexity index is 2600. The molecule has 2 aromatic heterocycles. The van der Waals surface area contributed by atoms with Gasteiger partial charge in [0.15, 0.2) is 0 Å². The standard InChI is InChI=1S/2C24H17O.Zr/c2*1-16-12-13-24(25-16)19-14-18-8-5-11-22(23(18)15-19)21-10-4-7-17-6-2-3-9-20(17)21;/h2*2-15H,1H3;/q2*-1;+2. The minimum Gasteiger partial charge on any atom is -0.496 e. The molecule has 8 aromatic carbocycles. The van der Waals surface area contributed by atoms with Crippen LogP contribution in [0, 0.1) is 13.8 Å². The first-order chi connectivity index (χ1) is 24.6. The van der Waals surface area contributed by atoms with Gasteiger partial charge in [0.25, 0.3) is 0 Å². The third kappa shape index (κ3) is 6.13. The van der Waals surface area contributed by atoms with E-state index in [-0.39, 0.29) is 26.2 Å². The SMILES string of the molecule is Cc1ccc(-c2cc3c(-c4cccc5ccccc45)cccc3[cH-]2)o1.Cc1ccc(-c2cc3c(-c4cccc5ccccc45)cccc3[cH-]2)o1.[Zr+2]. The Morgan fingerprint density at radius 1 is 0.373 bits per heavy atom. The maximum absolute atomic E-state index is 5.81. The molecule has 0 amide bonds. The minimum atomic E-state index is 0. The Labute approximate surface area is 316 Å². The third-order valence-electron chi connectivity index (χ3n) is 9.71. The van der Waals surface area contributed by atoms with Crippen molar-refractivity contribution in [3.05, 3.63) is 181 Å². The molecule has 51 heavy (non-hydrogen) atoms. The van der Waals surface area contributed by atoms with E-state index in [9.17, 15) is 0 Å². The van der Waals surface area contributed by atoms with Gasteiger partial charge in [-0.25, -0.2) is 0 Å². The van der Waals surface area contributed by atoms with Crippen molar-refractivity contribution in [1.29, 1.82) is 0 Å². The molecular weight excluding hydrogens is 700 g/mol. The topological polar surface area (TPSA) is 26.3 Å². The van der Waals surface area contributed by atoms with E-state index in [2.05, 4.69) is 146 Å². The zero-order chi connectivity index (χ0) is 33.6. The number of benzene rings is 6. The molecule has 2 heterocycles. The summed E-state index contributed by atoms with van der Waals surface area (Å²) < 4.78 is 11.6. The van der Waals surface area contributed by atoms with Crippen LogP contribution in [0.4, 0.5) is 0 Å². The van der Waals surface area contributed by atoms with E-state index in [4.69, 9.17) is 8.83 Å². The van der Waals surface area contributed by atoms with Gasteiger partial charge in [0.1, 0.15) is 0 Å². The second-order valence-electron chi connectivity index (χ2n) is 13.0. The Morgan fingerprint density at radius 3 is 1.16 bits per heavy atom. The van der Waals surface area contributed by atoms with Crippen LogP contribution in [0.3, 0.4) is 0 Å². The van der Waals surface area contributed by atoms with E-state index in [0.29, 0.717) is 0 Å². The molecule has 0 unspecified atom stereocenters. The van der Waals surface area contributed by atoms with Crippen molar-refractivity contribution in [3.8, 4) is 44.9 Å². The van der Waals surface area contributed by atoms with Gasteiger partial charge in [-0.2, -0.15) is 0 Å². The van der Waals surface area contributed by atoms with Crippen LogP contribution in [-0.2, 0) is 26.2 Å². The number of hydrogen-bond donors (Lipinski definition) is 0. The van der Waals surface area contributed by atoms with Crippen molar-refractivity contribution in [3.63, 3.8) is 0 Å². The molecule has 3 heteroatoms. The van der Waals surface area contributed by atoms with Gasteiger partial charge >= 0.3 is 26.2 Å². The first-order valence-corrected chi connectivity index (χ1v) is 17.1. The van der Waals surface area contributed by atoms with Crippen molar-refractivity contribution < 1.29 is 35.0 Å². The molecule has 0 aliphatic heterocycles. The maximum Gasteiger partial charge on any atom is 2.00 e. The number of hydrogen-bond acceptors (Lipinski definition) is 2. The second-order valence-corrected chi connectivity index (χ2v) is 13.0. The fraction of sp³-hybridized carbons (Fsp3) is 0.0417.